The van der Waals surface area contributed by atoms with Crippen LogP contribution in [0.15, 0.2) is 59.6 Å². The highest BCUT2D eigenvalue weighted by atomic mass is 32.2. The standard InChI is InChI=1S/C20H18N4O2S/c1-14-11-20-21-12-16-13-23(10-9-18(16)24(20)22-14)27(25,26)19-8-4-6-15-5-2-3-7-17(15)19/h2-8,11-12H,9-10,13H2,1H3. The van der Waals surface area contributed by atoms with E-state index in [9.17, 15) is 8.42 Å². The van der Waals surface area contributed by atoms with Gasteiger partial charge in [-0.05, 0) is 18.4 Å². The van der Waals surface area contributed by atoms with Crippen molar-refractivity contribution in [3.63, 3.8) is 0 Å². The van der Waals surface area contributed by atoms with Gasteiger partial charge in [0.1, 0.15) is 0 Å². The lowest BCUT2D eigenvalue weighted by atomic mass is 10.1. The molecule has 136 valence electrons. The molecule has 1 aliphatic rings. The topological polar surface area (TPSA) is 67.6 Å². The molecule has 2 aromatic heterocycles. The van der Waals surface area contributed by atoms with Gasteiger partial charge < -0.3 is 0 Å². The van der Waals surface area contributed by atoms with Crippen LogP contribution in [0.25, 0.3) is 16.4 Å². The van der Waals surface area contributed by atoms with Gasteiger partial charge in [-0.3, -0.25) is 0 Å². The Morgan fingerprint density at radius 2 is 1.89 bits per heavy atom. The summed E-state index contributed by atoms with van der Waals surface area (Å²) in [4.78, 5) is 4.79. The van der Waals surface area contributed by atoms with Crippen LogP contribution in [-0.2, 0) is 23.0 Å². The summed E-state index contributed by atoms with van der Waals surface area (Å²) in [6.45, 7) is 2.67. The van der Waals surface area contributed by atoms with Crippen LogP contribution < -0.4 is 0 Å². The van der Waals surface area contributed by atoms with Crippen LogP contribution in [0, 0.1) is 6.92 Å². The largest absolute Gasteiger partial charge is 0.244 e. The van der Waals surface area contributed by atoms with E-state index in [1.165, 1.54) is 0 Å². The van der Waals surface area contributed by atoms with Crippen molar-refractivity contribution in [3.05, 3.63) is 71.7 Å². The van der Waals surface area contributed by atoms with Gasteiger partial charge in [0.2, 0.25) is 10.0 Å². The third kappa shape index (κ3) is 2.54. The van der Waals surface area contributed by atoms with E-state index in [1.807, 2.05) is 47.8 Å². The molecule has 1 aliphatic heterocycles. The van der Waals surface area contributed by atoms with E-state index in [4.69, 9.17) is 0 Å². The van der Waals surface area contributed by atoms with Gasteiger partial charge in [0.25, 0.3) is 0 Å². The molecule has 0 aliphatic carbocycles. The fourth-order valence-electron chi connectivity index (χ4n) is 3.79. The summed E-state index contributed by atoms with van der Waals surface area (Å²) in [5.41, 5.74) is 3.65. The number of nitrogens with zero attached hydrogens (tertiary/aromatic N) is 4. The second-order valence-corrected chi connectivity index (χ2v) is 8.76. The molecule has 0 saturated heterocycles. The van der Waals surface area contributed by atoms with Crippen LogP contribution in [0.1, 0.15) is 17.0 Å². The lowest BCUT2D eigenvalue weighted by molar-refractivity contribution is 0.384. The fourth-order valence-corrected chi connectivity index (χ4v) is 5.43. The molecule has 0 saturated carbocycles. The van der Waals surface area contributed by atoms with E-state index >= 15 is 0 Å². The van der Waals surface area contributed by atoms with Crippen molar-refractivity contribution in [2.45, 2.75) is 24.8 Å². The van der Waals surface area contributed by atoms with Crippen LogP contribution in [0.2, 0.25) is 0 Å². The van der Waals surface area contributed by atoms with Crippen LogP contribution in [0.5, 0.6) is 0 Å². The van der Waals surface area contributed by atoms with E-state index < -0.39 is 10.0 Å². The Hall–Kier alpha value is -2.77. The maximum absolute atomic E-state index is 13.4. The molecule has 27 heavy (non-hydrogen) atoms. The molecule has 6 nitrogen and oxygen atoms in total. The highest BCUT2D eigenvalue weighted by molar-refractivity contribution is 7.89. The summed E-state index contributed by atoms with van der Waals surface area (Å²) in [6.07, 6.45) is 2.38. The second kappa shape index (κ2) is 5.87. The molecule has 5 rings (SSSR count). The Morgan fingerprint density at radius 3 is 2.78 bits per heavy atom. The third-order valence-corrected chi connectivity index (χ3v) is 7.01. The Labute approximate surface area is 157 Å². The van der Waals surface area contributed by atoms with Crippen LogP contribution in [0.4, 0.5) is 0 Å². The minimum absolute atomic E-state index is 0.308. The summed E-state index contributed by atoms with van der Waals surface area (Å²) >= 11 is 0. The van der Waals surface area contributed by atoms with Gasteiger partial charge in [-0.15, -0.1) is 0 Å². The Bertz CT molecular complexity index is 1290. The average molecular weight is 378 g/mol. The summed E-state index contributed by atoms with van der Waals surface area (Å²) in [6, 6.07) is 14.9. The zero-order valence-electron chi connectivity index (χ0n) is 14.8. The number of fused-ring (bicyclic) bond motifs is 4. The third-order valence-electron chi connectivity index (χ3n) is 5.10. The Balaban J connectivity index is 1.58. The molecule has 0 fully saturated rings. The number of rotatable bonds is 2. The summed E-state index contributed by atoms with van der Waals surface area (Å²) in [5.74, 6) is 0. The van der Waals surface area contributed by atoms with Crippen molar-refractivity contribution < 1.29 is 8.42 Å². The second-order valence-electron chi connectivity index (χ2n) is 6.85. The monoisotopic (exact) mass is 378 g/mol. The first-order chi connectivity index (χ1) is 13.0. The molecular weight excluding hydrogens is 360 g/mol. The SMILES string of the molecule is Cc1cc2ncc3c(n2n1)CCN(S(=O)(=O)c1cccc2ccccc12)C3. The maximum atomic E-state index is 13.4. The normalized spacial score (nSPS) is 15.3. The lowest BCUT2D eigenvalue weighted by Gasteiger charge is -2.28. The molecule has 7 heteroatoms. The van der Waals surface area contributed by atoms with E-state index in [0.29, 0.717) is 24.4 Å². The molecule has 0 spiro atoms. The maximum Gasteiger partial charge on any atom is 0.244 e. The van der Waals surface area contributed by atoms with E-state index in [-0.39, 0.29) is 0 Å². The molecule has 3 heterocycles. The van der Waals surface area contributed by atoms with Gasteiger partial charge >= 0.3 is 0 Å². The Morgan fingerprint density at radius 1 is 1.07 bits per heavy atom. The predicted molar refractivity (Wildman–Crippen MR) is 103 cm³/mol. The average Bonchev–Trinajstić information content (AvgIpc) is 3.07. The van der Waals surface area contributed by atoms with Crippen molar-refractivity contribution in [1.82, 2.24) is 18.9 Å². The molecule has 4 aromatic rings. The summed E-state index contributed by atoms with van der Waals surface area (Å²) in [7, 11) is -3.60. The van der Waals surface area contributed by atoms with Crippen molar-refractivity contribution >= 4 is 26.4 Å². The van der Waals surface area contributed by atoms with Gasteiger partial charge in [-0.1, -0.05) is 36.4 Å². The van der Waals surface area contributed by atoms with E-state index in [0.717, 1.165) is 33.4 Å². The summed E-state index contributed by atoms with van der Waals surface area (Å²) < 4.78 is 30.1. The molecule has 0 bridgehead atoms. The zero-order chi connectivity index (χ0) is 18.6. The van der Waals surface area contributed by atoms with Gasteiger partial charge in [-0.25, -0.2) is 17.9 Å². The number of benzene rings is 2. The minimum Gasteiger partial charge on any atom is -0.237 e. The van der Waals surface area contributed by atoms with Gasteiger partial charge in [0.15, 0.2) is 5.65 Å². The number of sulfonamides is 1. The number of aromatic nitrogens is 3. The van der Waals surface area contributed by atoms with E-state index in [2.05, 4.69) is 10.1 Å². The zero-order valence-corrected chi connectivity index (χ0v) is 15.6. The minimum atomic E-state index is -3.60. The van der Waals surface area contributed by atoms with Crippen LogP contribution in [-0.4, -0.2) is 33.9 Å². The first-order valence-corrected chi connectivity index (χ1v) is 10.3. The molecular formula is C20H18N4O2S. The summed E-state index contributed by atoms with van der Waals surface area (Å²) in [5, 5.41) is 6.17. The quantitative estimate of drug-likeness (QED) is 0.538. The van der Waals surface area contributed by atoms with Crippen LogP contribution in [0.3, 0.4) is 0 Å². The highest BCUT2D eigenvalue weighted by Gasteiger charge is 2.30. The molecule has 0 unspecified atom stereocenters. The highest BCUT2D eigenvalue weighted by Crippen LogP contribution is 2.29. The van der Waals surface area contributed by atoms with Gasteiger partial charge in [-0.2, -0.15) is 9.40 Å². The smallest absolute Gasteiger partial charge is 0.237 e. The number of hydrogen-bond acceptors (Lipinski definition) is 4. The van der Waals surface area contributed by atoms with Crippen molar-refractivity contribution in [3.8, 4) is 0 Å². The molecule has 0 N–H and O–H groups in total. The Kier molecular flexibility index (Phi) is 3.57. The van der Waals surface area contributed by atoms with Gasteiger partial charge in [0, 0.05) is 42.7 Å². The van der Waals surface area contributed by atoms with Crippen molar-refractivity contribution in [1.29, 1.82) is 0 Å². The van der Waals surface area contributed by atoms with Crippen molar-refractivity contribution in [2.75, 3.05) is 6.54 Å². The lowest BCUT2D eigenvalue weighted by Crippen LogP contribution is -2.37. The number of aryl methyl sites for hydroxylation is 1. The molecule has 0 amide bonds. The number of hydrogen-bond donors (Lipinski definition) is 0. The van der Waals surface area contributed by atoms with E-state index in [1.54, 1.807) is 22.6 Å². The molecule has 0 radical (unpaired) electrons. The van der Waals surface area contributed by atoms with Crippen LogP contribution >= 0.6 is 0 Å². The van der Waals surface area contributed by atoms with Crippen molar-refractivity contribution in [2.24, 2.45) is 0 Å². The van der Waals surface area contributed by atoms with Gasteiger partial charge in [0.05, 0.1) is 16.3 Å². The molecule has 0 atom stereocenters. The first kappa shape index (κ1) is 16.4. The fraction of sp³-hybridized carbons (Fsp3) is 0.200. The molecule has 2 aromatic carbocycles. The predicted octanol–water partition coefficient (Wildman–Crippen LogP) is 2.94. The first-order valence-electron chi connectivity index (χ1n) is 8.85.